The predicted octanol–water partition coefficient (Wildman–Crippen LogP) is 3.60. The molecule has 0 atom stereocenters. The summed E-state index contributed by atoms with van der Waals surface area (Å²) in [7, 11) is 1.84. The number of piperidine rings is 1. The van der Waals surface area contributed by atoms with Crippen molar-refractivity contribution in [1.29, 1.82) is 0 Å². The van der Waals surface area contributed by atoms with Gasteiger partial charge in [0.05, 0.1) is 10.7 Å². The number of guanidine groups is 1. The number of thiazole rings is 1. The van der Waals surface area contributed by atoms with Crippen molar-refractivity contribution in [3.63, 3.8) is 0 Å². The monoisotopic (exact) mass is 493 g/mol. The Hall–Kier alpha value is -0.410. The Morgan fingerprint density at radius 1 is 1.23 bits per heavy atom. The third kappa shape index (κ3) is 6.96. The van der Waals surface area contributed by atoms with Crippen LogP contribution in [0.2, 0.25) is 0 Å². The van der Waals surface area contributed by atoms with Crippen LogP contribution in [0.5, 0.6) is 0 Å². The van der Waals surface area contributed by atoms with Crippen molar-refractivity contribution in [2.24, 2.45) is 4.99 Å². The summed E-state index contributed by atoms with van der Waals surface area (Å²) >= 11 is 1.82. The third-order valence-electron chi connectivity index (χ3n) is 5.03. The molecule has 0 spiro atoms. The number of nitrogens with one attached hydrogen (secondary N) is 2. The number of likely N-dealkylation sites (tertiary alicyclic amines) is 1. The molecule has 0 saturated carbocycles. The molecule has 2 N–H and O–H groups in total. The van der Waals surface area contributed by atoms with E-state index in [1.807, 2.05) is 18.4 Å². The fourth-order valence-corrected chi connectivity index (χ4v) is 4.36. The molecule has 0 unspecified atom stereocenters. The van der Waals surface area contributed by atoms with Crippen LogP contribution in [0.4, 0.5) is 0 Å². The number of hydrogen-bond acceptors (Lipinski definition) is 4. The molecule has 0 bridgehead atoms. The molecule has 1 aromatic rings. The zero-order valence-corrected chi connectivity index (χ0v) is 20.2. The van der Waals surface area contributed by atoms with Crippen molar-refractivity contribution in [1.82, 2.24) is 20.5 Å². The zero-order valence-electron chi connectivity index (χ0n) is 17.0. The molecule has 1 aromatic heterocycles. The molecule has 150 valence electrons. The minimum Gasteiger partial charge on any atom is -0.356 e. The highest BCUT2D eigenvalue weighted by atomic mass is 127. The van der Waals surface area contributed by atoms with Crippen molar-refractivity contribution in [3.05, 3.63) is 15.6 Å². The first-order valence-corrected chi connectivity index (χ1v) is 10.4. The fourth-order valence-electron chi connectivity index (χ4n) is 3.34. The van der Waals surface area contributed by atoms with Gasteiger partial charge in [0.1, 0.15) is 0 Å². The average Bonchev–Trinajstić information content (AvgIpc) is 2.98. The van der Waals surface area contributed by atoms with Gasteiger partial charge in [-0.25, -0.2) is 4.98 Å². The van der Waals surface area contributed by atoms with Gasteiger partial charge in [-0.05, 0) is 53.1 Å². The van der Waals surface area contributed by atoms with Crippen LogP contribution >= 0.6 is 35.3 Å². The summed E-state index contributed by atoms with van der Waals surface area (Å²) in [6.07, 6.45) is 5.98. The van der Waals surface area contributed by atoms with E-state index in [-0.39, 0.29) is 29.5 Å². The summed E-state index contributed by atoms with van der Waals surface area (Å²) < 4.78 is 0. The first kappa shape index (κ1) is 23.6. The van der Waals surface area contributed by atoms with E-state index in [1.54, 1.807) is 0 Å². The van der Waals surface area contributed by atoms with Crippen LogP contribution < -0.4 is 10.6 Å². The molecular weight excluding hydrogens is 457 g/mol. The molecular formula is C19H36IN5S. The van der Waals surface area contributed by atoms with E-state index < -0.39 is 0 Å². The molecule has 1 aliphatic rings. The van der Waals surface area contributed by atoms with Crippen molar-refractivity contribution in [2.45, 2.75) is 65.3 Å². The van der Waals surface area contributed by atoms with Crippen LogP contribution in [0.25, 0.3) is 0 Å². The van der Waals surface area contributed by atoms with Gasteiger partial charge in [-0.2, -0.15) is 0 Å². The Kier molecular flexibility index (Phi) is 10.4. The largest absolute Gasteiger partial charge is 0.356 e. The van der Waals surface area contributed by atoms with Crippen LogP contribution in [0.15, 0.2) is 4.99 Å². The lowest BCUT2D eigenvalue weighted by molar-refractivity contribution is 0.0982. The lowest BCUT2D eigenvalue weighted by Crippen LogP contribution is -2.55. The molecule has 1 saturated heterocycles. The second-order valence-corrected chi connectivity index (χ2v) is 8.71. The van der Waals surface area contributed by atoms with E-state index in [0.29, 0.717) is 0 Å². The highest BCUT2D eigenvalue weighted by Crippen LogP contribution is 2.20. The maximum atomic E-state index is 4.71. The molecule has 0 aliphatic carbocycles. The zero-order chi connectivity index (χ0) is 18.3. The molecule has 2 rings (SSSR count). The van der Waals surface area contributed by atoms with Crippen LogP contribution in [0, 0.1) is 6.92 Å². The average molecular weight is 494 g/mol. The van der Waals surface area contributed by atoms with Gasteiger partial charge in [-0.15, -0.1) is 35.3 Å². The van der Waals surface area contributed by atoms with E-state index in [2.05, 4.69) is 48.2 Å². The lowest BCUT2D eigenvalue weighted by Gasteiger charge is -2.41. The minimum atomic E-state index is 0. The summed E-state index contributed by atoms with van der Waals surface area (Å²) in [5, 5.41) is 8.14. The van der Waals surface area contributed by atoms with Crippen LogP contribution in [0.3, 0.4) is 0 Å². The van der Waals surface area contributed by atoms with E-state index >= 15 is 0 Å². The van der Waals surface area contributed by atoms with Crippen LogP contribution in [-0.4, -0.2) is 54.6 Å². The topological polar surface area (TPSA) is 52.6 Å². The van der Waals surface area contributed by atoms with E-state index in [4.69, 9.17) is 4.98 Å². The Morgan fingerprint density at radius 3 is 2.50 bits per heavy atom. The summed E-state index contributed by atoms with van der Waals surface area (Å²) in [5.41, 5.74) is 1.39. The highest BCUT2D eigenvalue weighted by Gasteiger charge is 2.27. The van der Waals surface area contributed by atoms with Crippen LogP contribution in [-0.2, 0) is 12.8 Å². The van der Waals surface area contributed by atoms with Gasteiger partial charge in [0.15, 0.2) is 5.96 Å². The molecule has 0 amide bonds. The number of rotatable bonds is 7. The Bertz CT molecular complexity index is 564. The molecule has 2 heterocycles. The number of nitrogens with zero attached hydrogens (tertiary/aromatic N) is 3. The molecule has 0 radical (unpaired) electrons. The maximum Gasteiger partial charge on any atom is 0.191 e. The minimum absolute atomic E-state index is 0. The van der Waals surface area contributed by atoms with Crippen molar-refractivity contribution < 1.29 is 0 Å². The van der Waals surface area contributed by atoms with Gasteiger partial charge in [0.2, 0.25) is 0 Å². The van der Waals surface area contributed by atoms with Crippen molar-refractivity contribution in [2.75, 3.05) is 33.2 Å². The Labute approximate surface area is 180 Å². The van der Waals surface area contributed by atoms with Gasteiger partial charge in [-0.1, -0.05) is 13.3 Å². The Morgan fingerprint density at radius 2 is 1.92 bits per heavy atom. The standard InChI is InChI=1S/C19H35N5S.HI/c1-6-16-15(2)25-17(23-16)10-11-21-18(20-5)22-14-19(3,4)24-12-8-7-9-13-24;/h6-14H2,1-5H3,(H2,20,21,22);1H. The van der Waals surface area contributed by atoms with Crippen molar-refractivity contribution in [3.8, 4) is 0 Å². The summed E-state index contributed by atoms with van der Waals surface area (Å²) in [6.45, 7) is 13.2. The second-order valence-electron chi connectivity index (χ2n) is 7.43. The third-order valence-corrected chi connectivity index (χ3v) is 6.10. The van der Waals surface area contributed by atoms with E-state index in [1.165, 1.54) is 47.9 Å². The second kappa shape index (κ2) is 11.4. The first-order chi connectivity index (χ1) is 12.0. The highest BCUT2D eigenvalue weighted by molar-refractivity contribution is 14.0. The number of hydrogen-bond donors (Lipinski definition) is 2. The molecule has 5 nitrogen and oxygen atoms in total. The number of aromatic nitrogens is 1. The van der Waals surface area contributed by atoms with E-state index in [0.717, 1.165) is 31.9 Å². The quantitative estimate of drug-likeness (QED) is 0.346. The van der Waals surface area contributed by atoms with Gasteiger partial charge < -0.3 is 10.6 Å². The molecule has 26 heavy (non-hydrogen) atoms. The predicted molar refractivity (Wildman–Crippen MR) is 124 cm³/mol. The fraction of sp³-hybridized carbons (Fsp3) is 0.789. The molecule has 1 fully saturated rings. The summed E-state index contributed by atoms with van der Waals surface area (Å²) in [4.78, 5) is 13.0. The van der Waals surface area contributed by atoms with E-state index in [9.17, 15) is 0 Å². The van der Waals surface area contributed by atoms with Gasteiger partial charge in [-0.3, -0.25) is 9.89 Å². The Balaban J connectivity index is 0.00000338. The normalized spacial score (nSPS) is 16.3. The van der Waals surface area contributed by atoms with Crippen LogP contribution in [0.1, 0.15) is 55.6 Å². The summed E-state index contributed by atoms with van der Waals surface area (Å²) in [6, 6.07) is 0. The van der Waals surface area contributed by atoms with Gasteiger partial charge in [0, 0.05) is 37.0 Å². The SMILES string of the molecule is CCc1nc(CCNC(=NC)NCC(C)(C)N2CCCCC2)sc1C.I. The molecule has 0 aromatic carbocycles. The first-order valence-electron chi connectivity index (χ1n) is 9.61. The number of halogens is 1. The number of aliphatic imine (C=N–C) groups is 1. The van der Waals surface area contributed by atoms with Gasteiger partial charge >= 0.3 is 0 Å². The van der Waals surface area contributed by atoms with Gasteiger partial charge in [0.25, 0.3) is 0 Å². The summed E-state index contributed by atoms with van der Waals surface area (Å²) in [5.74, 6) is 0.883. The lowest BCUT2D eigenvalue weighted by atomic mass is 9.98. The van der Waals surface area contributed by atoms with Crippen molar-refractivity contribution >= 4 is 41.3 Å². The molecule has 1 aliphatic heterocycles. The number of aryl methyl sites for hydroxylation is 2. The maximum absolute atomic E-state index is 4.71. The molecule has 7 heteroatoms. The smallest absolute Gasteiger partial charge is 0.191 e.